The highest BCUT2D eigenvalue weighted by molar-refractivity contribution is 5.33. The van der Waals surface area contributed by atoms with Crippen molar-refractivity contribution < 1.29 is 9.47 Å². The van der Waals surface area contributed by atoms with Crippen LogP contribution in [0.3, 0.4) is 0 Å². The van der Waals surface area contributed by atoms with Crippen LogP contribution in [0.15, 0.2) is 24.3 Å². The van der Waals surface area contributed by atoms with Crippen LogP contribution in [0.5, 0.6) is 5.75 Å². The molecule has 1 saturated heterocycles. The largest absolute Gasteiger partial charge is 0.481 e. The molecule has 0 radical (unpaired) electrons. The van der Waals surface area contributed by atoms with Gasteiger partial charge in [0.1, 0.15) is 12.4 Å². The van der Waals surface area contributed by atoms with Gasteiger partial charge in [0.05, 0.1) is 6.61 Å². The molecule has 0 aromatic heterocycles. The fraction of sp³-hybridized carbons (Fsp3) is 0.467. The van der Waals surface area contributed by atoms with Crippen molar-refractivity contribution in [1.82, 2.24) is 5.32 Å². The maximum absolute atomic E-state index is 5.51. The first-order valence-electron chi connectivity index (χ1n) is 6.33. The fourth-order valence-corrected chi connectivity index (χ4v) is 2.07. The molecule has 1 aromatic rings. The Morgan fingerprint density at radius 3 is 3.11 bits per heavy atom. The average Bonchev–Trinajstić information content (AvgIpc) is 2.91. The molecule has 1 unspecified atom stereocenters. The molecular formula is C15H19NO2. The number of hydrogen-bond donors (Lipinski definition) is 1. The quantitative estimate of drug-likeness (QED) is 0.776. The first-order valence-corrected chi connectivity index (χ1v) is 6.33. The second kappa shape index (κ2) is 7.05. The Morgan fingerprint density at radius 2 is 2.33 bits per heavy atom. The SMILES string of the molecule is C#CCOc1ccccc1CNCC1CCOC1. The summed E-state index contributed by atoms with van der Waals surface area (Å²) < 4.78 is 10.9. The molecule has 0 amide bonds. The van der Waals surface area contributed by atoms with E-state index in [2.05, 4.69) is 17.3 Å². The zero-order chi connectivity index (χ0) is 12.6. The first-order chi connectivity index (χ1) is 8.90. The van der Waals surface area contributed by atoms with E-state index in [4.69, 9.17) is 15.9 Å². The van der Waals surface area contributed by atoms with Gasteiger partial charge in [-0.25, -0.2) is 0 Å². The van der Waals surface area contributed by atoms with Crippen molar-refractivity contribution >= 4 is 0 Å². The molecule has 18 heavy (non-hydrogen) atoms. The molecule has 1 fully saturated rings. The number of hydrogen-bond acceptors (Lipinski definition) is 3. The molecule has 0 aliphatic carbocycles. The van der Waals surface area contributed by atoms with Gasteiger partial charge in [-0.3, -0.25) is 0 Å². The minimum atomic E-state index is 0.313. The van der Waals surface area contributed by atoms with Crippen LogP contribution in [0.4, 0.5) is 0 Å². The Balaban J connectivity index is 1.82. The van der Waals surface area contributed by atoms with E-state index in [0.29, 0.717) is 12.5 Å². The Hall–Kier alpha value is -1.50. The molecule has 0 spiro atoms. The summed E-state index contributed by atoms with van der Waals surface area (Å²) in [6, 6.07) is 7.98. The van der Waals surface area contributed by atoms with Gasteiger partial charge >= 0.3 is 0 Å². The Kier molecular flexibility index (Phi) is 5.07. The molecule has 96 valence electrons. The number of para-hydroxylation sites is 1. The normalized spacial score (nSPS) is 18.5. The van der Waals surface area contributed by atoms with Crippen molar-refractivity contribution in [2.24, 2.45) is 5.92 Å². The van der Waals surface area contributed by atoms with Gasteiger partial charge in [-0.2, -0.15) is 0 Å². The van der Waals surface area contributed by atoms with Crippen LogP contribution in [-0.4, -0.2) is 26.4 Å². The summed E-state index contributed by atoms with van der Waals surface area (Å²) in [5.74, 6) is 3.99. The van der Waals surface area contributed by atoms with Crippen LogP contribution in [0, 0.1) is 18.3 Å². The predicted octanol–water partition coefficient (Wildman–Crippen LogP) is 1.82. The molecular weight excluding hydrogens is 226 g/mol. The highest BCUT2D eigenvalue weighted by Crippen LogP contribution is 2.18. The van der Waals surface area contributed by atoms with Crippen molar-refractivity contribution in [3.8, 4) is 18.1 Å². The smallest absolute Gasteiger partial charge is 0.148 e. The molecule has 1 aromatic carbocycles. The summed E-state index contributed by atoms with van der Waals surface area (Å²) in [4.78, 5) is 0. The zero-order valence-electron chi connectivity index (χ0n) is 10.5. The van der Waals surface area contributed by atoms with E-state index >= 15 is 0 Å². The molecule has 1 atom stereocenters. The lowest BCUT2D eigenvalue weighted by molar-refractivity contribution is 0.185. The fourth-order valence-electron chi connectivity index (χ4n) is 2.07. The number of nitrogens with one attached hydrogen (secondary N) is 1. The third-order valence-corrected chi connectivity index (χ3v) is 3.06. The second-order valence-electron chi connectivity index (χ2n) is 4.46. The van der Waals surface area contributed by atoms with Crippen LogP contribution in [0.1, 0.15) is 12.0 Å². The van der Waals surface area contributed by atoms with Crippen LogP contribution in [0.25, 0.3) is 0 Å². The molecule has 1 heterocycles. The number of rotatable bonds is 6. The van der Waals surface area contributed by atoms with Crippen LogP contribution >= 0.6 is 0 Å². The lowest BCUT2D eigenvalue weighted by atomic mass is 10.1. The summed E-state index contributed by atoms with van der Waals surface area (Å²) >= 11 is 0. The van der Waals surface area contributed by atoms with Crippen molar-refractivity contribution in [2.45, 2.75) is 13.0 Å². The molecule has 0 bridgehead atoms. The summed E-state index contributed by atoms with van der Waals surface area (Å²) in [6.07, 6.45) is 6.36. The van der Waals surface area contributed by atoms with E-state index in [9.17, 15) is 0 Å². The first kappa shape index (κ1) is 12.9. The maximum Gasteiger partial charge on any atom is 0.148 e. The Morgan fingerprint density at radius 1 is 1.44 bits per heavy atom. The summed E-state index contributed by atoms with van der Waals surface area (Å²) in [6.45, 7) is 3.88. The highest BCUT2D eigenvalue weighted by atomic mass is 16.5. The van der Waals surface area contributed by atoms with E-state index in [0.717, 1.165) is 44.0 Å². The molecule has 1 aliphatic heterocycles. The van der Waals surface area contributed by atoms with E-state index in [1.807, 2.05) is 18.2 Å². The topological polar surface area (TPSA) is 30.5 Å². The second-order valence-corrected chi connectivity index (χ2v) is 4.46. The van der Waals surface area contributed by atoms with Gasteiger partial charge in [0.2, 0.25) is 0 Å². The minimum absolute atomic E-state index is 0.313. The summed E-state index contributed by atoms with van der Waals surface area (Å²) in [5.41, 5.74) is 1.15. The van der Waals surface area contributed by atoms with Gasteiger partial charge < -0.3 is 14.8 Å². The van der Waals surface area contributed by atoms with Crippen LogP contribution < -0.4 is 10.1 Å². The Labute approximate surface area is 108 Å². The third kappa shape index (κ3) is 3.76. The number of ether oxygens (including phenoxy) is 2. The number of benzene rings is 1. The lowest BCUT2D eigenvalue weighted by Crippen LogP contribution is -2.22. The molecule has 2 rings (SSSR count). The zero-order valence-corrected chi connectivity index (χ0v) is 10.5. The summed E-state index contributed by atoms with van der Waals surface area (Å²) in [7, 11) is 0. The molecule has 3 heteroatoms. The Bertz CT molecular complexity index is 405. The van der Waals surface area contributed by atoms with Crippen molar-refractivity contribution in [1.29, 1.82) is 0 Å². The highest BCUT2D eigenvalue weighted by Gasteiger charge is 2.14. The molecule has 1 N–H and O–H groups in total. The van der Waals surface area contributed by atoms with E-state index in [1.54, 1.807) is 0 Å². The minimum Gasteiger partial charge on any atom is -0.481 e. The van der Waals surface area contributed by atoms with Crippen molar-refractivity contribution in [3.63, 3.8) is 0 Å². The van der Waals surface area contributed by atoms with Gasteiger partial charge in [-0.15, -0.1) is 6.42 Å². The van der Waals surface area contributed by atoms with E-state index in [1.165, 1.54) is 0 Å². The van der Waals surface area contributed by atoms with Crippen molar-refractivity contribution in [2.75, 3.05) is 26.4 Å². The van der Waals surface area contributed by atoms with Crippen LogP contribution in [-0.2, 0) is 11.3 Å². The van der Waals surface area contributed by atoms with Gasteiger partial charge in [-0.05, 0) is 18.4 Å². The van der Waals surface area contributed by atoms with Crippen molar-refractivity contribution in [3.05, 3.63) is 29.8 Å². The maximum atomic E-state index is 5.51. The van der Waals surface area contributed by atoms with Gasteiger partial charge in [-0.1, -0.05) is 24.1 Å². The van der Waals surface area contributed by atoms with Crippen LogP contribution in [0.2, 0.25) is 0 Å². The third-order valence-electron chi connectivity index (χ3n) is 3.06. The standard InChI is InChI=1S/C15H19NO2/c1-2-8-18-15-6-4-3-5-14(15)11-16-10-13-7-9-17-12-13/h1,3-6,13,16H,7-12H2. The predicted molar refractivity (Wildman–Crippen MR) is 71.4 cm³/mol. The lowest BCUT2D eigenvalue weighted by Gasteiger charge is -2.12. The van der Waals surface area contributed by atoms with Gasteiger partial charge in [0.15, 0.2) is 0 Å². The summed E-state index contributed by atoms with van der Waals surface area (Å²) in [5, 5.41) is 3.45. The van der Waals surface area contributed by atoms with Gasteiger partial charge in [0, 0.05) is 25.3 Å². The molecule has 3 nitrogen and oxygen atoms in total. The molecule has 0 saturated carbocycles. The number of terminal acetylenes is 1. The van der Waals surface area contributed by atoms with E-state index < -0.39 is 0 Å². The van der Waals surface area contributed by atoms with E-state index in [-0.39, 0.29) is 0 Å². The molecule has 1 aliphatic rings. The average molecular weight is 245 g/mol. The monoisotopic (exact) mass is 245 g/mol. The van der Waals surface area contributed by atoms with Gasteiger partial charge in [0.25, 0.3) is 0 Å².